The highest BCUT2D eigenvalue weighted by molar-refractivity contribution is 6.30. The Labute approximate surface area is 110 Å². The minimum absolute atomic E-state index is 0.137. The lowest BCUT2D eigenvalue weighted by Crippen LogP contribution is -2.00. The molecule has 0 aliphatic heterocycles. The normalized spacial score (nSPS) is 10.4. The van der Waals surface area contributed by atoms with E-state index in [0.29, 0.717) is 17.3 Å². The first-order chi connectivity index (χ1) is 8.60. The quantitative estimate of drug-likeness (QED) is 0.909. The van der Waals surface area contributed by atoms with Gasteiger partial charge in [0, 0.05) is 17.1 Å². The van der Waals surface area contributed by atoms with Crippen LogP contribution in [-0.4, -0.2) is 0 Å². The molecule has 0 saturated heterocycles. The average molecular weight is 266 g/mol. The Morgan fingerprint density at radius 3 is 2.56 bits per heavy atom. The maximum Gasteiger partial charge on any atom is 0.167 e. The first-order valence-electron chi connectivity index (χ1n) is 5.52. The molecule has 0 heterocycles. The second kappa shape index (κ2) is 5.38. The molecule has 0 aliphatic carbocycles. The third-order valence-electron chi connectivity index (χ3n) is 2.55. The molecular formula is C14H13ClFNO. The molecule has 0 atom stereocenters. The third kappa shape index (κ3) is 2.81. The summed E-state index contributed by atoms with van der Waals surface area (Å²) in [6.45, 7) is 2.30. The molecule has 0 saturated carbocycles. The summed E-state index contributed by atoms with van der Waals surface area (Å²) in [5, 5.41) is 0.336. The van der Waals surface area contributed by atoms with Gasteiger partial charge in [0.2, 0.25) is 0 Å². The van der Waals surface area contributed by atoms with E-state index in [1.54, 1.807) is 12.1 Å². The topological polar surface area (TPSA) is 35.2 Å². The maximum absolute atomic E-state index is 13.6. The predicted molar refractivity (Wildman–Crippen MR) is 70.6 cm³/mol. The molecular weight excluding hydrogens is 253 g/mol. The number of aryl methyl sites for hydroxylation is 1. The van der Waals surface area contributed by atoms with Crippen molar-refractivity contribution < 1.29 is 9.13 Å². The molecule has 2 aromatic carbocycles. The Balaban J connectivity index is 2.33. The largest absolute Gasteiger partial charge is 0.454 e. The van der Waals surface area contributed by atoms with Crippen LogP contribution in [0.15, 0.2) is 36.4 Å². The van der Waals surface area contributed by atoms with Crippen molar-refractivity contribution in [3.63, 3.8) is 0 Å². The van der Waals surface area contributed by atoms with E-state index in [-0.39, 0.29) is 5.75 Å². The number of ether oxygens (including phenoxy) is 1. The fourth-order valence-corrected chi connectivity index (χ4v) is 1.80. The van der Waals surface area contributed by atoms with Crippen LogP contribution in [0.3, 0.4) is 0 Å². The number of hydrogen-bond donors (Lipinski definition) is 1. The fourth-order valence-electron chi connectivity index (χ4n) is 1.64. The predicted octanol–water partition coefficient (Wildman–Crippen LogP) is 4.04. The van der Waals surface area contributed by atoms with E-state index in [9.17, 15) is 4.39 Å². The maximum atomic E-state index is 13.6. The molecule has 2 nitrogen and oxygen atoms in total. The van der Waals surface area contributed by atoms with Crippen molar-refractivity contribution in [2.75, 3.05) is 0 Å². The van der Waals surface area contributed by atoms with Crippen LogP contribution in [0.4, 0.5) is 4.39 Å². The van der Waals surface area contributed by atoms with Crippen molar-refractivity contribution in [3.05, 3.63) is 58.4 Å². The van der Waals surface area contributed by atoms with Crippen LogP contribution in [-0.2, 0) is 6.54 Å². The van der Waals surface area contributed by atoms with E-state index in [2.05, 4.69) is 0 Å². The van der Waals surface area contributed by atoms with Crippen molar-refractivity contribution in [2.24, 2.45) is 5.73 Å². The second-order valence-electron chi connectivity index (χ2n) is 3.99. The number of hydrogen-bond acceptors (Lipinski definition) is 2. The van der Waals surface area contributed by atoms with Crippen LogP contribution < -0.4 is 10.5 Å². The first kappa shape index (κ1) is 12.9. The molecule has 0 aromatic heterocycles. The Hall–Kier alpha value is -1.58. The monoisotopic (exact) mass is 265 g/mol. The summed E-state index contributed by atoms with van der Waals surface area (Å²) in [5.74, 6) is 0.202. The average Bonchev–Trinajstić information content (AvgIpc) is 2.34. The Bertz CT molecular complexity index is 572. The highest BCUT2D eigenvalue weighted by Gasteiger charge is 2.08. The number of rotatable bonds is 3. The molecule has 94 valence electrons. The van der Waals surface area contributed by atoms with Gasteiger partial charge in [0.05, 0.1) is 0 Å². The van der Waals surface area contributed by atoms with Crippen LogP contribution in [0.5, 0.6) is 11.5 Å². The Morgan fingerprint density at radius 2 is 1.89 bits per heavy atom. The van der Waals surface area contributed by atoms with E-state index in [1.807, 2.05) is 19.1 Å². The van der Waals surface area contributed by atoms with E-state index < -0.39 is 5.82 Å². The van der Waals surface area contributed by atoms with Gasteiger partial charge in [0.25, 0.3) is 0 Å². The minimum Gasteiger partial charge on any atom is -0.454 e. The van der Waals surface area contributed by atoms with Gasteiger partial charge in [-0.1, -0.05) is 29.3 Å². The van der Waals surface area contributed by atoms with Gasteiger partial charge in [0.15, 0.2) is 11.6 Å². The molecule has 0 unspecified atom stereocenters. The molecule has 2 N–H and O–H groups in total. The fraction of sp³-hybridized carbons (Fsp3) is 0.143. The highest BCUT2D eigenvalue weighted by atomic mass is 35.5. The van der Waals surface area contributed by atoms with Crippen LogP contribution in [0.25, 0.3) is 0 Å². The lowest BCUT2D eigenvalue weighted by Gasteiger charge is -2.11. The number of benzene rings is 2. The number of nitrogens with two attached hydrogens (primary N) is 1. The zero-order valence-electron chi connectivity index (χ0n) is 9.91. The molecule has 18 heavy (non-hydrogen) atoms. The molecule has 0 amide bonds. The van der Waals surface area contributed by atoms with Crippen molar-refractivity contribution in [2.45, 2.75) is 13.5 Å². The van der Waals surface area contributed by atoms with Gasteiger partial charge in [-0.15, -0.1) is 0 Å². The van der Waals surface area contributed by atoms with Crippen LogP contribution in [0.2, 0.25) is 5.02 Å². The zero-order chi connectivity index (χ0) is 13.1. The molecule has 0 spiro atoms. The molecule has 0 aliphatic rings. The minimum atomic E-state index is -0.494. The van der Waals surface area contributed by atoms with Gasteiger partial charge in [-0.05, 0) is 31.2 Å². The SMILES string of the molecule is Cc1ccc(Oc2ccc(Cl)cc2F)c(CN)c1. The molecule has 0 radical (unpaired) electrons. The van der Waals surface area contributed by atoms with E-state index in [0.717, 1.165) is 11.1 Å². The van der Waals surface area contributed by atoms with Gasteiger partial charge in [0.1, 0.15) is 5.75 Å². The summed E-state index contributed by atoms with van der Waals surface area (Å²) in [5.41, 5.74) is 7.56. The summed E-state index contributed by atoms with van der Waals surface area (Å²) in [6.07, 6.45) is 0. The smallest absolute Gasteiger partial charge is 0.167 e. The molecule has 0 fully saturated rings. The summed E-state index contributed by atoms with van der Waals surface area (Å²) >= 11 is 5.68. The zero-order valence-corrected chi connectivity index (χ0v) is 10.7. The first-order valence-corrected chi connectivity index (χ1v) is 5.90. The van der Waals surface area contributed by atoms with Gasteiger partial charge < -0.3 is 10.5 Å². The summed E-state index contributed by atoms with van der Waals surface area (Å²) in [4.78, 5) is 0. The second-order valence-corrected chi connectivity index (χ2v) is 4.43. The van der Waals surface area contributed by atoms with Gasteiger partial charge >= 0.3 is 0 Å². The summed E-state index contributed by atoms with van der Waals surface area (Å²) < 4.78 is 19.1. The van der Waals surface area contributed by atoms with Crippen LogP contribution in [0, 0.1) is 12.7 Å². The van der Waals surface area contributed by atoms with Gasteiger partial charge in [-0.2, -0.15) is 0 Å². The highest BCUT2D eigenvalue weighted by Crippen LogP contribution is 2.29. The number of halogens is 2. The molecule has 0 bridgehead atoms. The molecule has 4 heteroatoms. The van der Waals surface area contributed by atoms with Crippen molar-refractivity contribution in [1.29, 1.82) is 0 Å². The van der Waals surface area contributed by atoms with Crippen molar-refractivity contribution >= 4 is 11.6 Å². The Morgan fingerprint density at radius 1 is 1.17 bits per heavy atom. The van der Waals surface area contributed by atoms with Gasteiger partial charge in [-0.3, -0.25) is 0 Å². The Kier molecular flexibility index (Phi) is 3.84. The van der Waals surface area contributed by atoms with Crippen LogP contribution >= 0.6 is 11.6 Å². The molecule has 2 rings (SSSR count). The van der Waals surface area contributed by atoms with Gasteiger partial charge in [-0.25, -0.2) is 4.39 Å². The van der Waals surface area contributed by atoms with E-state index >= 15 is 0 Å². The van der Waals surface area contributed by atoms with Crippen molar-refractivity contribution in [1.82, 2.24) is 0 Å². The van der Waals surface area contributed by atoms with Crippen LogP contribution in [0.1, 0.15) is 11.1 Å². The van der Waals surface area contributed by atoms with E-state index in [4.69, 9.17) is 22.1 Å². The summed E-state index contributed by atoms with van der Waals surface area (Å²) in [6, 6.07) is 9.89. The standard InChI is InChI=1S/C14H13ClFNO/c1-9-2-4-13(10(6-9)8-17)18-14-5-3-11(15)7-12(14)16/h2-7H,8,17H2,1H3. The van der Waals surface area contributed by atoms with E-state index in [1.165, 1.54) is 12.1 Å². The third-order valence-corrected chi connectivity index (χ3v) is 2.78. The van der Waals surface area contributed by atoms with Crippen molar-refractivity contribution in [3.8, 4) is 11.5 Å². The molecule has 2 aromatic rings. The lowest BCUT2D eigenvalue weighted by molar-refractivity contribution is 0.438. The lowest BCUT2D eigenvalue weighted by atomic mass is 10.1. The summed E-state index contributed by atoms with van der Waals surface area (Å²) in [7, 11) is 0.